The van der Waals surface area contributed by atoms with Gasteiger partial charge in [-0.2, -0.15) is 0 Å². The Balaban J connectivity index is 2.42. The van der Waals surface area contributed by atoms with Crippen molar-refractivity contribution in [3.05, 3.63) is 40.7 Å². The molecule has 0 radical (unpaired) electrons. The third-order valence-corrected chi connectivity index (χ3v) is 2.44. The fourth-order valence-electron chi connectivity index (χ4n) is 1.68. The van der Waals surface area contributed by atoms with Crippen LogP contribution in [0.2, 0.25) is 0 Å². The zero-order chi connectivity index (χ0) is 9.26. The van der Waals surface area contributed by atoms with Crippen LogP contribution in [0.4, 0.5) is 4.39 Å². The fourth-order valence-corrected chi connectivity index (χ4v) is 1.68. The Hall–Kier alpha value is -1.15. The lowest BCUT2D eigenvalue weighted by Crippen LogP contribution is -2.08. The quantitative estimate of drug-likeness (QED) is 0.698. The molecule has 0 spiro atoms. The predicted octanol–water partition coefficient (Wildman–Crippen LogP) is 2.11. The second-order valence-corrected chi connectivity index (χ2v) is 3.35. The molecule has 0 saturated heterocycles. The van der Waals surface area contributed by atoms with Crippen LogP contribution in [0.3, 0.4) is 0 Å². The predicted molar refractivity (Wildman–Crippen MR) is 51.8 cm³/mol. The first-order chi connectivity index (χ1) is 6.29. The number of aryl methyl sites for hydroxylation is 1. The first-order valence-corrected chi connectivity index (χ1v) is 4.47. The van der Waals surface area contributed by atoms with Gasteiger partial charge in [0.25, 0.3) is 0 Å². The number of benzene rings is 1. The highest BCUT2D eigenvalue weighted by atomic mass is 19.1. The van der Waals surface area contributed by atoms with Gasteiger partial charge in [0, 0.05) is 6.54 Å². The van der Waals surface area contributed by atoms with E-state index in [1.165, 1.54) is 11.6 Å². The minimum atomic E-state index is -0.150. The molecule has 1 aromatic carbocycles. The molecular weight excluding hydrogens is 165 g/mol. The average molecular weight is 177 g/mol. The SMILES string of the molecule is NCC1=Cc2ccc(F)cc2CC1. The van der Waals surface area contributed by atoms with E-state index in [1.54, 1.807) is 6.07 Å². The molecule has 0 atom stereocenters. The van der Waals surface area contributed by atoms with Crippen LogP contribution in [0.25, 0.3) is 6.08 Å². The molecule has 13 heavy (non-hydrogen) atoms. The summed E-state index contributed by atoms with van der Waals surface area (Å²) in [6.07, 6.45) is 3.95. The second-order valence-electron chi connectivity index (χ2n) is 3.35. The molecule has 2 N–H and O–H groups in total. The van der Waals surface area contributed by atoms with E-state index < -0.39 is 0 Å². The lowest BCUT2D eigenvalue weighted by atomic mass is 9.92. The van der Waals surface area contributed by atoms with Crippen LogP contribution < -0.4 is 5.73 Å². The van der Waals surface area contributed by atoms with E-state index in [0.29, 0.717) is 6.54 Å². The summed E-state index contributed by atoms with van der Waals surface area (Å²) in [5.41, 5.74) is 9.01. The van der Waals surface area contributed by atoms with Gasteiger partial charge in [-0.1, -0.05) is 17.7 Å². The van der Waals surface area contributed by atoms with Gasteiger partial charge in [0.15, 0.2) is 0 Å². The lowest BCUT2D eigenvalue weighted by molar-refractivity contribution is 0.624. The van der Waals surface area contributed by atoms with E-state index in [1.807, 2.05) is 6.07 Å². The second kappa shape index (κ2) is 3.30. The third kappa shape index (κ3) is 1.63. The maximum atomic E-state index is 12.8. The molecule has 1 aromatic rings. The number of hydrogen-bond acceptors (Lipinski definition) is 1. The van der Waals surface area contributed by atoms with E-state index in [-0.39, 0.29) is 5.82 Å². The van der Waals surface area contributed by atoms with E-state index in [0.717, 1.165) is 24.0 Å². The minimum absolute atomic E-state index is 0.150. The van der Waals surface area contributed by atoms with Crippen LogP contribution >= 0.6 is 0 Å². The molecule has 1 nitrogen and oxygen atoms in total. The van der Waals surface area contributed by atoms with Gasteiger partial charge in [0.1, 0.15) is 5.82 Å². The van der Waals surface area contributed by atoms with Gasteiger partial charge in [0.2, 0.25) is 0 Å². The Labute approximate surface area is 77.1 Å². The molecule has 1 aliphatic carbocycles. The van der Waals surface area contributed by atoms with Gasteiger partial charge in [-0.3, -0.25) is 0 Å². The molecule has 0 saturated carbocycles. The van der Waals surface area contributed by atoms with Crippen molar-refractivity contribution in [3.63, 3.8) is 0 Å². The number of fused-ring (bicyclic) bond motifs is 1. The highest BCUT2D eigenvalue weighted by Crippen LogP contribution is 2.23. The van der Waals surface area contributed by atoms with Crippen molar-refractivity contribution in [1.29, 1.82) is 0 Å². The van der Waals surface area contributed by atoms with Crippen molar-refractivity contribution in [1.82, 2.24) is 0 Å². The normalized spacial score (nSPS) is 15.1. The summed E-state index contributed by atoms with van der Waals surface area (Å²) < 4.78 is 12.8. The molecule has 0 heterocycles. The van der Waals surface area contributed by atoms with Crippen molar-refractivity contribution >= 4 is 6.08 Å². The Morgan fingerprint density at radius 1 is 1.31 bits per heavy atom. The molecule has 2 rings (SSSR count). The fraction of sp³-hybridized carbons (Fsp3) is 0.273. The number of halogens is 1. The molecule has 2 heteroatoms. The largest absolute Gasteiger partial charge is 0.327 e. The summed E-state index contributed by atoms with van der Waals surface area (Å²) in [7, 11) is 0. The number of nitrogens with two attached hydrogens (primary N) is 1. The van der Waals surface area contributed by atoms with Crippen LogP contribution in [0.1, 0.15) is 17.5 Å². The maximum Gasteiger partial charge on any atom is 0.123 e. The molecule has 68 valence electrons. The van der Waals surface area contributed by atoms with Crippen LogP contribution in [-0.4, -0.2) is 6.54 Å². The molecule has 0 aromatic heterocycles. The molecule has 0 fully saturated rings. The van der Waals surface area contributed by atoms with Gasteiger partial charge in [-0.05, 0) is 36.1 Å². The Morgan fingerprint density at radius 3 is 2.92 bits per heavy atom. The smallest absolute Gasteiger partial charge is 0.123 e. The number of rotatable bonds is 1. The van der Waals surface area contributed by atoms with Gasteiger partial charge < -0.3 is 5.73 Å². The molecule has 0 bridgehead atoms. The molecule has 0 unspecified atom stereocenters. The zero-order valence-electron chi connectivity index (χ0n) is 7.39. The lowest BCUT2D eigenvalue weighted by Gasteiger charge is -2.14. The first kappa shape index (κ1) is 8.45. The summed E-state index contributed by atoms with van der Waals surface area (Å²) in [5.74, 6) is -0.150. The average Bonchev–Trinajstić information content (AvgIpc) is 2.17. The van der Waals surface area contributed by atoms with Crippen molar-refractivity contribution in [2.24, 2.45) is 5.73 Å². The zero-order valence-corrected chi connectivity index (χ0v) is 7.39. The van der Waals surface area contributed by atoms with Gasteiger partial charge in [0.05, 0.1) is 0 Å². The third-order valence-electron chi connectivity index (χ3n) is 2.44. The Bertz CT molecular complexity index is 355. The van der Waals surface area contributed by atoms with E-state index in [4.69, 9.17) is 5.73 Å². The van der Waals surface area contributed by atoms with Crippen LogP contribution in [-0.2, 0) is 6.42 Å². The van der Waals surface area contributed by atoms with Crippen molar-refractivity contribution in [2.75, 3.05) is 6.54 Å². The van der Waals surface area contributed by atoms with Gasteiger partial charge in [-0.15, -0.1) is 0 Å². The maximum absolute atomic E-state index is 12.8. The molecule has 0 aliphatic heterocycles. The van der Waals surface area contributed by atoms with Crippen molar-refractivity contribution in [3.8, 4) is 0 Å². The van der Waals surface area contributed by atoms with Crippen molar-refractivity contribution in [2.45, 2.75) is 12.8 Å². The van der Waals surface area contributed by atoms with E-state index >= 15 is 0 Å². The Morgan fingerprint density at radius 2 is 2.15 bits per heavy atom. The van der Waals surface area contributed by atoms with Crippen molar-refractivity contribution < 1.29 is 4.39 Å². The molecule has 0 amide bonds. The summed E-state index contributed by atoms with van der Waals surface area (Å²) in [6, 6.07) is 4.92. The molecule has 1 aliphatic rings. The van der Waals surface area contributed by atoms with E-state index in [9.17, 15) is 4.39 Å². The highest BCUT2D eigenvalue weighted by molar-refractivity contribution is 5.59. The van der Waals surface area contributed by atoms with Crippen LogP contribution in [0, 0.1) is 5.82 Å². The summed E-state index contributed by atoms with van der Waals surface area (Å²) in [6.45, 7) is 0.608. The monoisotopic (exact) mass is 177 g/mol. The first-order valence-electron chi connectivity index (χ1n) is 4.47. The van der Waals surface area contributed by atoms with Crippen LogP contribution in [0.15, 0.2) is 23.8 Å². The van der Waals surface area contributed by atoms with Gasteiger partial charge >= 0.3 is 0 Å². The van der Waals surface area contributed by atoms with Gasteiger partial charge in [-0.25, -0.2) is 4.39 Å². The van der Waals surface area contributed by atoms with E-state index in [2.05, 4.69) is 6.08 Å². The minimum Gasteiger partial charge on any atom is -0.327 e. The summed E-state index contributed by atoms with van der Waals surface area (Å²) >= 11 is 0. The number of hydrogen-bond donors (Lipinski definition) is 1. The highest BCUT2D eigenvalue weighted by Gasteiger charge is 2.09. The topological polar surface area (TPSA) is 26.0 Å². The Kier molecular flexibility index (Phi) is 2.15. The standard InChI is InChI=1S/C11H12FN/c12-11-4-3-9-5-8(7-13)1-2-10(9)6-11/h3-6H,1-2,7,13H2. The van der Waals surface area contributed by atoms with Crippen LogP contribution in [0.5, 0.6) is 0 Å². The summed E-state index contributed by atoms with van der Waals surface area (Å²) in [5, 5.41) is 0. The summed E-state index contributed by atoms with van der Waals surface area (Å²) in [4.78, 5) is 0. The molecular formula is C11H12FN.